The third-order valence-electron chi connectivity index (χ3n) is 2.34. The second-order valence-electron chi connectivity index (χ2n) is 3.80. The summed E-state index contributed by atoms with van der Waals surface area (Å²) in [5.41, 5.74) is 0.433. The SMILES string of the molecule is CCCNCCNc1cnn(CCO)c(=O)c1Br. The van der Waals surface area contributed by atoms with Crippen LogP contribution in [0.4, 0.5) is 5.69 Å². The highest BCUT2D eigenvalue weighted by Gasteiger charge is 2.07. The van der Waals surface area contributed by atoms with Gasteiger partial charge in [-0.3, -0.25) is 4.79 Å². The third kappa shape index (κ3) is 4.40. The molecule has 0 aliphatic rings. The average molecular weight is 319 g/mol. The number of hydrogen-bond acceptors (Lipinski definition) is 5. The zero-order valence-electron chi connectivity index (χ0n) is 10.4. The summed E-state index contributed by atoms with van der Waals surface area (Å²) >= 11 is 3.25. The summed E-state index contributed by atoms with van der Waals surface area (Å²) in [5, 5.41) is 19.2. The Hall–Kier alpha value is -0.920. The first kappa shape index (κ1) is 15.1. The van der Waals surface area contributed by atoms with Gasteiger partial charge in [0.05, 0.1) is 25.0 Å². The van der Waals surface area contributed by atoms with Crippen molar-refractivity contribution in [1.29, 1.82) is 0 Å². The number of nitrogens with one attached hydrogen (secondary N) is 2. The van der Waals surface area contributed by atoms with Crippen LogP contribution in [0.1, 0.15) is 13.3 Å². The van der Waals surface area contributed by atoms with E-state index in [1.807, 2.05) is 0 Å². The number of hydrogen-bond donors (Lipinski definition) is 3. The molecular weight excluding hydrogens is 300 g/mol. The van der Waals surface area contributed by atoms with Crippen molar-refractivity contribution in [1.82, 2.24) is 15.1 Å². The summed E-state index contributed by atoms with van der Waals surface area (Å²) < 4.78 is 1.67. The molecule has 0 bridgehead atoms. The summed E-state index contributed by atoms with van der Waals surface area (Å²) in [4.78, 5) is 11.8. The topological polar surface area (TPSA) is 79.2 Å². The Morgan fingerprint density at radius 1 is 1.44 bits per heavy atom. The van der Waals surface area contributed by atoms with Crippen molar-refractivity contribution < 1.29 is 5.11 Å². The molecule has 0 amide bonds. The first-order valence-electron chi connectivity index (χ1n) is 6.01. The van der Waals surface area contributed by atoms with Crippen LogP contribution in [0, 0.1) is 0 Å². The van der Waals surface area contributed by atoms with Crippen LogP contribution in [0.3, 0.4) is 0 Å². The van der Waals surface area contributed by atoms with E-state index in [9.17, 15) is 4.79 Å². The third-order valence-corrected chi connectivity index (χ3v) is 3.11. The van der Waals surface area contributed by atoms with Gasteiger partial charge < -0.3 is 15.7 Å². The van der Waals surface area contributed by atoms with Gasteiger partial charge in [0, 0.05) is 13.1 Å². The van der Waals surface area contributed by atoms with E-state index in [0.717, 1.165) is 26.1 Å². The molecule has 1 aromatic rings. The number of halogens is 1. The van der Waals surface area contributed by atoms with Crippen molar-refractivity contribution in [2.75, 3.05) is 31.6 Å². The maximum absolute atomic E-state index is 11.8. The van der Waals surface area contributed by atoms with Crippen LogP contribution in [0.15, 0.2) is 15.5 Å². The second-order valence-corrected chi connectivity index (χ2v) is 4.59. The van der Waals surface area contributed by atoms with Gasteiger partial charge in [0.2, 0.25) is 0 Å². The van der Waals surface area contributed by atoms with Gasteiger partial charge in [-0.2, -0.15) is 5.10 Å². The maximum atomic E-state index is 11.8. The number of nitrogens with zero attached hydrogens (tertiary/aromatic N) is 2. The van der Waals surface area contributed by atoms with Crippen molar-refractivity contribution >= 4 is 21.6 Å². The molecule has 7 heteroatoms. The van der Waals surface area contributed by atoms with Crippen LogP contribution in [0.5, 0.6) is 0 Å². The lowest BCUT2D eigenvalue weighted by atomic mass is 10.4. The molecule has 0 fully saturated rings. The second kappa shape index (κ2) is 8.23. The maximum Gasteiger partial charge on any atom is 0.283 e. The molecule has 1 aromatic heterocycles. The zero-order valence-corrected chi connectivity index (χ0v) is 12.0. The van der Waals surface area contributed by atoms with Gasteiger partial charge in [0.25, 0.3) is 5.56 Å². The van der Waals surface area contributed by atoms with Gasteiger partial charge in [-0.05, 0) is 28.9 Å². The van der Waals surface area contributed by atoms with Crippen LogP contribution < -0.4 is 16.2 Å². The van der Waals surface area contributed by atoms with Crippen LogP contribution in [0.25, 0.3) is 0 Å². The molecule has 0 spiro atoms. The van der Waals surface area contributed by atoms with E-state index in [0.29, 0.717) is 10.2 Å². The first-order valence-corrected chi connectivity index (χ1v) is 6.81. The normalized spacial score (nSPS) is 10.6. The fourth-order valence-electron chi connectivity index (χ4n) is 1.43. The van der Waals surface area contributed by atoms with E-state index >= 15 is 0 Å². The quantitative estimate of drug-likeness (QED) is 0.605. The molecule has 0 saturated carbocycles. The Balaban J connectivity index is 2.57. The highest BCUT2D eigenvalue weighted by atomic mass is 79.9. The molecule has 0 aromatic carbocycles. The number of anilines is 1. The van der Waals surface area contributed by atoms with Gasteiger partial charge in [-0.25, -0.2) is 4.68 Å². The number of aromatic nitrogens is 2. The van der Waals surface area contributed by atoms with Crippen LogP contribution in [-0.4, -0.2) is 41.1 Å². The highest BCUT2D eigenvalue weighted by molar-refractivity contribution is 9.10. The number of aliphatic hydroxyl groups excluding tert-OH is 1. The van der Waals surface area contributed by atoms with E-state index in [1.54, 1.807) is 6.20 Å². The molecular formula is C11H19BrN4O2. The van der Waals surface area contributed by atoms with Crippen molar-refractivity contribution in [3.05, 3.63) is 21.0 Å². The van der Waals surface area contributed by atoms with Crippen molar-refractivity contribution in [3.63, 3.8) is 0 Å². The predicted molar refractivity (Wildman–Crippen MR) is 74.9 cm³/mol. The Labute approximate surface area is 115 Å². The van der Waals surface area contributed by atoms with Crippen molar-refractivity contribution in [2.24, 2.45) is 0 Å². The van der Waals surface area contributed by atoms with E-state index in [-0.39, 0.29) is 18.7 Å². The monoisotopic (exact) mass is 318 g/mol. The Bertz CT molecular complexity index is 422. The van der Waals surface area contributed by atoms with Gasteiger partial charge in [-0.15, -0.1) is 0 Å². The molecule has 0 aliphatic carbocycles. The molecule has 6 nitrogen and oxygen atoms in total. The molecule has 0 unspecified atom stereocenters. The number of aliphatic hydroxyl groups is 1. The van der Waals surface area contributed by atoms with Gasteiger partial charge >= 0.3 is 0 Å². The first-order chi connectivity index (χ1) is 8.70. The lowest BCUT2D eigenvalue weighted by molar-refractivity contribution is 0.266. The molecule has 3 N–H and O–H groups in total. The van der Waals surface area contributed by atoms with Gasteiger partial charge in [0.15, 0.2) is 0 Å². The summed E-state index contributed by atoms with van der Waals surface area (Å²) in [7, 11) is 0. The smallest absolute Gasteiger partial charge is 0.283 e. The Kier molecular flexibility index (Phi) is 6.92. The fraction of sp³-hybridized carbons (Fsp3) is 0.636. The van der Waals surface area contributed by atoms with E-state index in [1.165, 1.54) is 4.68 Å². The van der Waals surface area contributed by atoms with Gasteiger partial charge in [-0.1, -0.05) is 6.92 Å². The van der Waals surface area contributed by atoms with Crippen molar-refractivity contribution in [2.45, 2.75) is 19.9 Å². The van der Waals surface area contributed by atoms with E-state index < -0.39 is 0 Å². The standard InChI is InChI=1S/C11H19BrN4O2/c1-2-3-13-4-5-14-9-8-15-16(6-7-17)11(18)10(9)12/h8,13-14,17H,2-7H2,1H3. The molecule has 0 radical (unpaired) electrons. The summed E-state index contributed by atoms with van der Waals surface area (Å²) in [5.74, 6) is 0. The van der Waals surface area contributed by atoms with Gasteiger partial charge in [0.1, 0.15) is 4.47 Å². The van der Waals surface area contributed by atoms with Crippen LogP contribution >= 0.6 is 15.9 Å². The molecule has 1 heterocycles. The zero-order chi connectivity index (χ0) is 13.4. The fourth-order valence-corrected chi connectivity index (χ4v) is 1.88. The highest BCUT2D eigenvalue weighted by Crippen LogP contribution is 2.15. The van der Waals surface area contributed by atoms with Crippen LogP contribution in [0.2, 0.25) is 0 Å². The lowest BCUT2D eigenvalue weighted by Crippen LogP contribution is -2.27. The Morgan fingerprint density at radius 2 is 2.22 bits per heavy atom. The lowest BCUT2D eigenvalue weighted by Gasteiger charge is -2.10. The molecule has 0 saturated heterocycles. The Morgan fingerprint density at radius 3 is 2.89 bits per heavy atom. The van der Waals surface area contributed by atoms with E-state index in [2.05, 4.69) is 38.6 Å². The number of rotatable bonds is 8. The molecule has 0 aliphatic heterocycles. The molecule has 0 atom stereocenters. The predicted octanol–water partition coefficient (Wildman–Crippen LogP) is 0.410. The summed E-state index contributed by atoms with van der Waals surface area (Å²) in [6.45, 7) is 4.76. The van der Waals surface area contributed by atoms with Crippen molar-refractivity contribution in [3.8, 4) is 0 Å². The molecule has 1 rings (SSSR count). The van der Waals surface area contributed by atoms with Crippen LogP contribution in [-0.2, 0) is 6.54 Å². The minimum atomic E-state index is -0.240. The minimum Gasteiger partial charge on any atom is -0.394 e. The van der Waals surface area contributed by atoms with E-state index in [4.69, 9.17) is 5.11 Å². The largest absolute Gasteiger partial charge is 0.394 e. The average Bonchev–Trinajstić information content (AvgIpc) is 2.37. The molecule has 18 heavy (non-hydrogen) atoms. The molecule has 102 valence electrons. The minimum absolute atomic E-state index is 0.104. The summed E-state index contributed by atoms with van der Waals surface area (Å²) in [6, 6.07) is 0. The summed E-state index contributed by atoms with van der Waals surface area (Å²) in [6.07, 6.45) is 2.68.